The normalized spacial score (nSPS) is 20.1. The van der Waals surface area contributed by atoms with E-state index >= 15 is 0 Å². The summed E-state index contributed by atoms with van der Waals surface area (Å²) < 4.78 is 2.38. The number of fused-ring (bicyclic) bond motifs is 3. The van der Waals surface area contributed by atoms with E-state index in [2.05, 4.69) is 25.2 Å². The zero-order valence-corrected chi connectivity index (χ0v) is 10.3. The van der Waals surface area contributed by atoms with Crippen molar-refractivity contribution in [3.63, 3.8) is 0 Å². The predicted octanol–water partition coefficient (Wildman–Crippen LogP) is 3.45. The molecule has 0 aliphatic heterocycles. The first-order chi connectivity index (χ1) is 7.22. The summed E-state index contributed by atoms with van der Waals surface area (Å²) in [5.41, 5.74) is 4.26. The molecule has 2 heterocycles. The van der Waals surface area contributed by atoms with Crippen molar-refractivity contribution in [1.29, 1.82) is 0 Å². The number of aromatic nitrogens is 2. The first-order valence-electron chi connectivity index (χ1n) is 5.69. The number of hydrogen-bond donors (Lipinski definition) is 0. The Kier molecular flexibility index (Phi) is 1.93. The topological polar surface area (TPSA) is 17.3 Å². The molecule has 0 amide bonds. The molecule has 3 heteroatoms. The number of imidazole rings is 1. The lowest BCUT2D eigenvalue weighted by Crippen LogP contribution is -1.91. The standard InChI is InChI=1S/C12H16N2S/c1-4-9-5-6-10-11(9)13-12-14(10)7(2)8(3)15-12/h9H,4-6H2,1-3H3. The molecule has 0 bridgehead atoms. The largest absolute Gasteiger partial charge is 0.291 e. The van der Waals surface area contributed by atoms with Crippen molar-refractivity contribution in [3.05, 3.63) is 22.0 Å². The highest BCUT2D eigenvalue weighted by atomic mass is 32.1. The van der Waals surface area contributed by atoms with Gasteiger partial charge in [0, 0.05) is 22.2 Å². The fraction of sp³-hybridized carbons (Fsp3) is 0.583. The van der Waals surface area contributed by atoms with Crippen LogP contribution >= 0.6 is 11.3 Å². The second kappa shape index (κ2) is 3.08. The van der Waals surface area contributed by atoms with E-state index in [9.17, 15) is 0 Å². The number of hydrogen-bond acceptors (Lipinski definition) is 2. The number of aryl methyl sites for hydroxylation is 3. The molecule has 15 heavy (non-hydrogen) atoms. The summed E-state index contributed by atoms with van der Waals surface area (Å²) in [7, 11) is 0. The molecule has 3 rings (SSSR count). The summed E-state index contributed by atoms with van der Waals surface area (Å²) in [4.78, 5) is 7.41. The van der Waals surface area contributed by atoms with E-state index in [1.807, 2.05) is 11.3 Å². The molecule has 1 atom stereocenters. The van der Waals surface area contributed by atoms with Crippen molar-refractivity contribution in [1.82, 2.24) is 9.38 Å². The third kappa shape index (κ3) is 1.13. The summed E-state index contributed by atoms with van der Waals surface area (Å²) in [6.07, 6.45) is 3.74. The van der Waals surface area contributed by atoms with E-state index in [1.165, 1.54) is 46.2 Å². The third-order valence-corrected chi connectivity index (χ3v) is 4.73. The molecule has 2 nitrogen and oxygen atoms in total. The summed E-state index contributed by atoms with van der Waals surface area (Å²) in [5, 5.41) is 0. The van der Waals surface area contributed by atoms with Gasteiger partial charge in [0.05, 0.1) is 5.69 Å². The minimum Gasteiger partial charge on any atom is -0.291 e. The fourth-order valence-corrected chi connectivity index (χ4v) is 3.64. The molecular formula is C12H16N2S. The third-order valence-electron chi connectivity index (χ3n) is 3.67. The minimum absolute atomic E-state index is 0.715. The number of nitrogens with zero attached hydrogens (tertiary/aromatic N) is 2. The minimum atomic E-state index is 0.715. The van der Waals surface area contributed by atoms with Crippen molar-refractivity contribution in [2.24, 2.45) is 0 Å². The van der Waals surface area contributed by atoms with Crippen molar-refractivity contribution < 1.29 is 0 Å². The molecule has 1 unspecified atom stereocenters. The first-order valence-corrected chi connectivity index (χ1v) is 6.51. The van der Waals surface area contributed by atoms with Gasteiger partial charge in [-0.05, 0) is 33.1 Å². The second-order valence-electron chi connectivity index (χ2n) is 4.45. The molecule has 0 aromatic carbocycles. The Morgan fingerprint density at radius 1 is 1.47 bits per heavy atom. The van der Waals surface area contributed by atoms with Crippen molar-refractivity contribution in [2.75, 3.05) is 0 Å². The van der Waals surface area contributed by atoms with E-state index in [4.69, 9.17) is 4.98 Å². The monoisotopic (exact) mass is 220 g/mol. The van der Waals surface area contributed by atoms with Gasteiger partial charge in [0.25, 0.3) is 0 Å². The van der Waals surface area contributed by atoms with Gasteiger partial charge in [0.15, 0.2) is 4.96 Å². The molecule has 0 fully saturated rings. The SMILES string of the molecule is CCC1CCc2c1nc1sc(C)c(C)n21. The van der Waals surface area contributed by atoms with Gasteiger partial charge in [-0.25, -0.2) is 4.98 Å². The van der Waals surface area contributed by atoms with Gasteiger partial charge in [-0.2, -0.15) is 0 Å². The Bertz CT molecular complexity index is 521. The van der Waals surface area contributed by atoms with Gasteiger partial charge < -0.3 is 0 Å². The Morgan fingerprint density at radius 2 is 2.27 bits per heavy atom. The zero-order valence-electron chi connectivity index (χ0n) is 9.50. The van der Waals surface area contributed by atoms with Crippen LogP contribution in [-0.2, 0) is 6.42 Å². The number of rotatable bonds is 1. The highest BCUT2D eigenvalue weighted by molar-refractivity contribution is 7.17. The van der Waals surface area contributed by atoms with Gasteiger partial charge in [-0.3, -0.25) is 4.40 Å². The van der Waals surface area contributed by atoms with Crippen LogP contribution in [-0.4, -0.2) is 9.38 Å². The molecule has 2 aromatic heterocycles. The maximum Gasteiger partial charge on any atom is 0.194 e. The molecule has 1 aliphatic carbocycles. The summed E-state index contributed by atoms with van der Waals surface area (Å²) in [6, 6.07) is 0. The summed E-state index contributed by atoms with van der Waals surface area (Å²) in [5.74, 6) is 0.715. The van der Waals surface area contributed by atoms with Crippen LogP contribution in [0.3, 0.4) is 0 Å². The predicted molar refractivity (Wildman–Crippen MR) is 63.9 cm³/mol. The van der Waals surface area contributed by atoms with Crippen LogP contribution in [0.25, 0.3) is 4.96 Å². The molecule has 80 valence electrons. The molecule has 0 radical (unpaired) electrons. The molecule has 1 aliphatic rings. The van der Waals surface area contributed by atoms with Crippen LogP contribution in [0.5, 0.6) is 0 Å². The lowest BCUT2D eigenvalue weighted by atomic mass is 10.1. The molecule has 2 aromatic rings. The Hall–Kier alpha value is -0.830. The van der Waals surface area contributed by atoms with Crippen LogP contribution in [0.1, 0.15) is 47.6 Å². The second-order valence-corrected chi connectivity index (χ2v) is 5.63. The average molecular weight is 220 g/mol. The maximum atomic E-state index is 4.81. The van der Waals surface area contributed by atoms with Crippen LogP contribution in [0, 0.1) is 13.8 Å². The van der Waals surface area contributed by atoms with Gasteiger partial charge in [0.2, 0.25) is 0 Å². The maximum absolute atomic E-state index is 4.81. The Morgan fingerprint density at radius 3 is 3.00 bits per heavy atom. The smallest absolute Gasteiger partial charge is 0.194 e. The van der Waals surface area contributed by atoms with E-state index in [-0.39, 0.29) is 0 Å². The first kappa shape index (κ1) is 9.40. The van der Waals surface area contributed by atoms with Gasteiger partial charge in [-0.15, -0.1) is 11.3 Å². The van der Waals surface area contributed by atoms with Crippen LogP contribution in [0.4, 0.5) is 0 Å². The molecule has 0 N–H and O–H groups in total. The van der Waals surface area contributed by atoms with Crippen molar-refractivity contribution >= 4 is 16.3 Å². The van der Waals surface area contributed by atoms with Crippen molar-refractivity contribution in [3.8, 4) is 0 Å². The highest BCUT2D eigenvalue weighted by Gasteiger charge is 2.27. The number of thiazole rings is 1. The lowest BCUT2D eigenvalue weighted by molar-refractivity contribution is 0.642. The van der Waals surface area contributed by atoms with Crippen molar-refractivity contribution in [2.45, 2.75) is 46.0 Å². The van der Waals surface area contributed by atoms with Gasteiger partial charge in [0.1, 0.15) is 0 Å². The quantitative estimate of drug-likeness (QED) is 0.719. The Labute approximate surface area is 94.0 Å². The van der Waals surface area contributed by atoms with E-state index in [0.717, 1.165) is 0 Å². The van der Waals surface area contributed by atoms with Gasteiger partial charge >= 0.3 is 0 Å². The zero-order chi connectivity index (χ0) is 10.6. The molecular weight excluding hydrogens is 204 g/mol. The Balaban J connectivity index is 2.28. The van der Waals surface area contributed by atoms with Crippen LogP contribution in [0.2, 0.25) is 0 Å². The molecule has 0 saturated carbocycles. The molecule has 0 saturated heterocycles. The van der Waals surface area contributed by atoms with Crippen LogP contribution in [0.15, 0.2) is 0 Å². The summed E-state index contributed by atoms with van der Waals surface area (Å²) in [6.45, 7) is 6.67. The molecule has 0 spiro atoms. The van der Waals surface area contributed by atoms with E-state index < -0.39 is 0 Å². The average Bonchev–Trinajstić information content (AvgIpc) is 2.80. The summed E-state index contributed by atoms with van der Waals surface area (Å²) >= 11 is 1.83. The van der Waals surface area contributed by atoms with Crippen LogP contribution < -0.4 is 0 Å². The fourth-order valence-electron chi connectivity index (χ4n) is 2.64. The van der Waals surface area contributed by atoms with Gasteiger partial charge in [-0.1, -0.05) is 6.92 Å². The van der Waals surface area contributed by atoms with E-state index in [0.29, 0.717) is 5.92 Å². The van der Waals surface area contributed by atoms with E-state index in [1.54, 1.807) is 0 Å². The lowest BCUT2D eigenvalue weighted by Gasteiger charge is -2.01. The highest BCUT2D eigenvalue weighted by Crippen LogP contribution is 2.37.